The fraction of sp³-hybridized carbons (Fsp3) is 0.371. The minimum absolute atomic E-state index is 0.0586. The smallest absolute Gasteiger partial charge is 0.355 e. The molecule has 5 aromatic rings. The maximum absolute atomic E-state index is 13.6. The van der Waals surface area contributed by atoms with Crippen LogP contribution < -0.4 is 15.2 Å². The maximum atomic E-state index is 13.6. The number of carbonyl (C=O) groups is 1. The Labute approximate surface area is 292 Å². The second-order valence-electron chi connectivity index (χ2n) is 13.1. The summed E-state index contributed by atoms with van der Waals surface area (Å²) in [5, 5.41) is 9.94. The molecule has 1 amide bonds. The molecule has 51 heavy (non-hydrogen) atoms. The molecule has 3 N–H and O–H groups in total. The standard InChI is InChI=1S/C35H37F3N8O4S/c1-20(21-6-9-25(36)10-7-21)50-29-16-23(8-11-28(29)43-51(48,49)35(37)38)31-30-32(44(2)42-31)27(18-40-33(30)39)24-17-41-46(19-24)26-12-14-45(15-13-26)34(47)22-4-3-5-22/h6-11,16-20,22,26,35,43H,3-5,12-15H2,1-2H3,(H2,39,40)/t20-/m0/s1. The fourth-order valence-electron chi connectivity index (χ4n) is 6.73. The summed E-state index contributed by atoms with van der Waals surface area (Å²) in [6.07, 6.45) is 9.37. The van der Waals surface area contributed by atoms with Crippen molar-refractivity contribution >= 4 is 38.3 Å². The van der Waals surface area contributed by atoms with Gasteiger partial charge in [-0.2, -0.15) is 19.0 Å². The number of carbonyl (C=O) groups excluding carboxylic acids is 1. The molecule has 2 aromatic carbocycles. The van der Waals surface area contributed by atoms with Crippen LogP contribution >= 0.6 is 0 Å². The molecule has 0 bridgehead atoms. The molecule has 4 heterocycles. The van der Waals surface area contributed by atoms with Gasteiger partial charge in [0.05, 0.1) is 28.8 Å². The largest absolute Gasteiger partial charge is 0.484 e. The number of fused-ring (bicyclic) bond motifs is 1. The summed E-state index contributed by atoms with van der Waals surface area (Å²) in [5.74, 6) is -3.54. The Kier molecular flexibility index (Phi) is 9.12. The maximum Gasteiger partial charge on any atom is 0.355 e. The molecule has 1 atom stereocenters. The minimum atomic E-state index is -5.03. The molecular weight excluding hydrogens is 685 g/mol. The monoisotopic (exact) mass is 722 g/mol. The molecule has 3 aromatic heterocycles. The average Bonchev–Trinajstić information content (AvgIpc) is 3.71. The van der Waals surface area contributed by atoms with E-state index in [-0.39, 0.29) is 35.1 Å². The zero-order chi connectivity index (χ0) is 36.0. The quantitative estimate of drug-likeness (QED) is 0.171. The summed E-state index contributed by atoms with van der Waals surface area (Å²) in [4.78, 5) is 19.2. The van der Waals surface area contributed by atoms with Crippen molar-refractivity contribution in [3.8, 4) is 28.1 Å². The van der Waals surface area contributed by atoms with Crippen LogP contribution in [0.3, 0.4) is 0 Å². The van der Waals surface area contributed by atoms with Gasteiger partial charge >= 0.3 is 5.76 Å². The molecular formula is C35H37F3N8O4S. The van der Waals surface area contributed by atoms with Gasteiger partial charge in [-0.1, -0.05) is 24.6 Å². The van der Waals surface area contributed by atoms with Crippen LogP contribution in [0, 0.1) is 11.7 Å². The van der Waals surface area contributed by atoms with Crippen LogP contribution in [0.25, 0.3) is 33.3 Å². The summed E-state index contributed by atoms with van der Waals surface area (Å²) in [6.45, 7) is 3.06. The number of hydrogen-bond donors (Lipinski definition) is 2. The van der Waals surface area contributed by atoms with Crippen molar-refractivity contribution in [1.29, 1.82) is 0 Å². The van der Waals surface area contributed by atoms with Crippen LogP contribution in [0.5, 0.6) is 5.75 Å². The fourth-order valence-corrected chi connectivity index (χ4v) is 7.30. The van der Waals surface area contributed by atoms with Crippen LogP contribution in [0.2, 0.25) is 0 Å². The predicted molar refractivity (Wildman–Crippen MR) is 186 cm³/mol. The first-order valence-electron chi connectivity index (χ1n) is 16.7. The summed E-state index contributed by atoms with van der Waals surface area (Å²) in [5.41, 5.74) is 9.84. The Hall–Kier alpha value is -5.12. The van der Waals surface area contributed by atoms with E-state index >= 15 is 0 Å². The Morgan fingerprint density at radius 2 is 1.76 bits per heavy atom. The topological polar surface area (TPSA) is 150 Å². The van der Waals surface area contributed by atoms with E-state index in [1.807, 2.05) is 20.5 Å². The number of hydrogen-bond acceptors (Lipinski definition) is 8. The van der Waals surface area contributed by atoms with Gasteiger partial charge in [0, 0.05) is 55.1 Å². The van der Waals surface area contributed by atoms with E-state index in [0.717, 1.165) is 43.2 Å². The summed E-state index contributed by atoms with van der Waals surface area (Å²) >= 11 is 0. The number of aryl methyl sites for hydroxylation is 1. The van der Waals surface area contributed by atoms with E-state index < -0.39 is 27.7 Å². The van der Waals surface area contributed by atoms with Gasteiger partial charge in [-0.15, -0.1) is 0 Å². The number of benzene rings is 2. The summed E-state index contributed by atoms with van der Waals surface area (Å²) in [6, 6.07) is 9.98. The number of halogens is 3. The van der Waals surface area contributed by atoms with Gasteiger partial charge < -0.3 is 15.4 Å². The van der Waals surface area contributed by atoms with Crippen LogP contribution in [-0.4, -0.2) is 62.6 Å². The molecule has 2 fully saturated rings. The highest BCUT2D eigenvalue weighted by Crippen LogP contribution is 2.41. The first kappa shape index (κ1) is 34.3. The number of amides is 1. The average molecular weight is 723 g/mol. The van der Waals surface area contributed by atoms with Gasteiger partial charge in [-0.25, -0.2) is 17.8 Å². The number of ether oxygens (including phenoxy) is 1. The number of alkyl halides is 2. The number of anilines is 2. The van der Waals surface area contributed by atoms with E-state index in [2.05, 4.69) is 10.1 Å². The third-order valence-corrected chi connectivity index (χ3v) is 10.8. The lowest BCUT2D eigenvalue weighted by atomic mass is 9.84. The molecule has 12 nitrogen and oxygen atoms in total. The SMILES string of the molecule is C[C@H](Oc1cc(-c2nn(C)c3c(-c4cnn(C5CCN(C(=O)C6CCC6)CC5)c4)cnc(N)c23)ccc1NS(=O)(=O)C(F)F)c1ccc(F)cc1. The van der Waals surface area contributed by atoms with Crippen molar-refractivity contribution < 1.29 is 31.1 Å². The van der Waals surface area contributed by atoms with Crippen LogP contribution in [0.1, 0.15) is 56.7 Å². The highest BCUT2D eigenvalue weighted by Gasteiger charge is 2.32. The molecule has 0 radical (unpaired) electrons. The third kappa shape index (κ3) is 6.71. The van der Waals surface area contributed by atoms with Crippen molar-refractivity contribution in [2.75, 3.05) is 23.5 Å². The van der Waals surface area contributed by atoms with E-state index in [1.54, 1.807) is 31.0 Å². The number of pyridine rings is 1. The lowest BCUT2D eigenvalue weighted by Crippen LogP contribution is -2.43. The third-order valence-electron chi connectivity index (χ3n) is 9.79. The van der Waals surface area contributed by atoms with Gasteiger partial charge in [-0.05, 0) is 62.4 Å². The van der Waals surface area contributed by atoms with Gasteiger partial charge in [0.1, 0.15) is 29.2 Å². The summed E-state index contributed by atoms with van der Waals surface area (Å²) in [7, 11) is -3.28. The van der Waals surface area contributed by atoms with E-state index in [9.17, 15) is 26.4 Å². The lowest BCUT2D eigenvalue weighted by Gasteiger charge is -2.36. The second kappa shape index (κ2) is 13.5. The number of nitrogens with two attached hydrogens (primary N) is 1. The van der Waals surface area contributed by atoms with Gasteiger partial charge in [0.15, 0.2) is 0 Å². The molecule has 1 aliphatic heterocycles. The zero-order valence-electron chi connectivity index (χ0n) is 28.0. The number of nitrogens with one attached hydrogen (secondary N) is 1. The van der Waals surface area contributed by atoms with E-state index in [0.29, 0.717) is 40.8 Å². The molecule has 268 valence electrons. The number of likely N-dealkylation sites (tertiary alicyclic amines) is 1. The van der Waals surface area contributed by atoms with Crippen LogP contribution in [-0.2, 0) is 21.9 Å². The van der Waals surface area contributed by atoms with Crippen molar-refractivity contribution in [2.24, 2.45) is 13.0 Å². The highest BCUT2D eigenvalue weighted by molar-refractivity contribution is 7.93. The van der Waals surface area contributed by atoms with E-state index in [4.69, 9.17) is 15.6 Å². The van der Waals surface area contributed by atoms with Crippen LogP contribution in [0.15, 0.2) is 61.1 Å². The number of rotatable bonds is 10. The Balaban J connectivity index is 1.21. The molecule has 0 spiro atoms. The van der Waals surface area contributed by atoms with E-state index in [1.165, 1.54) is 42.5 Å². The number of nitrogen functional groups attached to an aromatic ring is 1. The highest BCUT2D eigenvalue weighted by atomic mass is 32.2. The number of aromatic nitrogens is 5. The van der Waals surface area contributed by atoms with Gasteiger partial charge in [-0.3, -0.25) is 18.9 Å². The van der Waals surface area contributed by atoms with Crippen molar-refractivity contribution in [3.63, 3.8) is 0 Å². The number of piperidine rings is 1. The molecule has 0 unspecified atom stereocenters. The molecule has 1 saturated heterocycles. The summed E-state index contributed by atoms with van der Waals surface area (Å²) < 4.78 is 76.2. The van der Waals surface area contributed by atoms with Crippen molar-refractivity contribution in [2.45, 2.75) is 56.9 Å². The Morgan fingerprint density at radius 3 is 2.43 bits per heavy atom. The first-order valence-corrected chi connectivity index (χ1v) is 18.2. The van der Waals surface area contributed by atoms with Gasteiger partial charge in [0.2, 0.25) is 5.91 Å². The Morgan fingerprint density at radius 1 is 1.04 bits per heavy atom. The number of sulfonamides is 1. The first-order chi connectivity index (χ1) is 24.4. The molecule has 16 heteroatoms. The molecule has 2 aliphatic rings. The predicted octanol–water partition coefficient (Wildman–Crippen LogP) is 6.29. The zero-order valence-corrected chi connectivity index (χ0v) is 28.8. The number of nitrogens with zero attached hydrogens (tertiary/aromatic N) is 6. The van der Waals surface area contributed by atoms with Crippen LogP contribution in [0.4, 0.5) is 24.7 Å². The second-order valence-corrected chi connectivity index (χ2v) is 14.7. The molecule has 1 aliphatic carbocycles. The van der Waals surface area contributed by atoms with Gasteiger partial charge in [0.25, 0.3) is 10.0 Å². The molecule has 7 rings (SSSR count). The molecule has 1 saturated carbocycles. The normalized spacial score (nSPS) is 16.4. The lowest BCUT2D eigenvalue weighted by molar-refractivity contribution is -0.139. The van der Waals surface area contributed by atoms with Crippen molar-refractivity contribution in [3.05, 3.63) is 72.4 Å². The minimum Gasteiger partial charge on any atom is -0.484 e. The Bertz CT molecular complexity index is 2190. The van der Waals surface area contributed by atoms with Crippen molar-refractivity contribution in [1.82, 2.24) is 29.4 Å².